The average Bonchev–Trinajstić information content (AvgIpc) is 2.00. The normalized spacial score (nSPS) is 24.5. The maximum atomic E-state index is 2.43. The van der Waals surface area contributed by atoms with E-state index >= 15 is 0 Å². The second kappa shape index (κ2) is 8.06. The first kappa shape index (κ1) is 13.5. The Morgan fingerprint density at radius 3 is 2.00 bits per heavy atom. The molecule has 1 aliphatic heterocycles. The fourth-order valence-corrected chi connectivity index (χ4v) is 1.24. The van der Waals surface area contributed by atoms with Crippen molar-refractivity contribution in [2.24, 2.45) is 0 Å². The molecule has 0 N–H and O–H groups in total. The van der Waals surface area contributed by atoms with Gasteiger partial charge in [0.05, 0.1) is 0 Å². The molecule has 1 unspecified atom stereocenters. The Kier molecular flexibility index (Phi) is 9.92. The summed E-state index contributed by atoms with van der Waals surface area (Å²) in [6.07, 6.45) is 4.24. The Morgan fingerprint density at radius 2 is 1.73 bits per heavy atom. The molecule has 0 amide bonds. The summed E-state index contributed by atoms with van der Waals surface area (Å²) in [5.74, 6) is 0. The van der Waals surface area contributed by atoms with Crippen LogP contribution in [-0.4, -0.2) is 24.5 Å². The minimum atomic E-state index is 0. The molecular weight excluding hydrogens is 134 g/mol. The summed E-state index contributed by atoms with van der Waals surface area (Å²) < 4.78 is 0. The van der Waals surface area contributed by atoms with Crippen molar-refractivity contribution in [1.82, 2.24) is 4.90 Å². The Bertz CT molecular complexity index is 61.3. The van der Waals surface area contributed by atoms with Gasteiger partial charge in [0, 0.05) is 6.04 Å². The van der Waals surface area contributed by atoms with Gasteiger partial charge in [0.25, 0.3) is 0 Å². The van der Waals surface area contributed by atoms with Gasteiger partial charge in [-0.15, -0.1) is 0 Å². The lowest BCUT2D eigenvalue weighted by Gasteiger charge is -2.29. The van der Waals surface area contributed by atoms with E-state index in [4.69, 9.17) is 0 Å². The summed E-state index contributed by atoms with van der Waals surface area (Å²) in [6, 6.07) is 0.837. The molecule has 0 spiro atoms. The van der Waals surface area contributed by atoms with Gasteiger partial charge in [-0.1, -0.05) is 27.7 Å². The van der Waals surface area contributed by atoms with Gasteiger partial charge in [-0.2, -0.15) is 0 Å². The van der Waals surface area contributed by atoms with Crippen LogP contribution in [0.25, 0.3) is 0 Å². The van der Waals surface area contributed by atoms with Crippen LogP contribution in [0.3, 0.4) is 0 Å². The fraction of sp³-hybridized carbons (Fsp3) is 1.00. The second-order valence-corrected chi connectivity index (χ2v) is 2.83. The van der Waals surface area contributed by atoms with E-state index in [0.29, 0.717) is 0 Å². The second-order valence-electron chi connectivity index (χ2n) is 2.83. The van der Waals surface area contributed by atoms with E-state index in [-0.39, 0.29) is 7.43 Å². The van der Waals surface area contributed by atoms with E-state index in [9.17, 15) is 0 Å². The fourth-order valence-electron chi connectivity index (χ4n) is 1.24. The van der Waals surface area contributed by atoms with Crippen molar-refractivity contribution in [1.29, 1.82) is 0 Å². The molecule has 0 aromatic rings. The van der Waals surface area contributed by atoms with Crippen molar-refractivity contribution in [3.8, 4) is 0 Å². The van der Waals surface area contributed by atoms with Crippen molar-refractivity contribution in [2.75, 3.05) is 13.6 Å². The summed E-state index contributed by atoms with van der Waals surface area (Å²) in [4.78, 5) is 2.43. The van der Waals surface area contributed by atoms with Crippen molar-refractivity contribution < 1.29 is 0 Å². The zero-order chi connectivity index (χ0) is 7.98. The summed E-state index contributed by atoms with van der Waals surface area (Å²) in [6.45, 7) is 7.61. The Morgan fingerprint density at radius 1 is 1.18 bits per heavy atom. The topological polar surface area (TPSA) is 3.24 Å². The Labute approximate surface area is 72.8 Å². The average molecular weight is 159 g/mol. The molecule has 0 saturated carbocycles. The number of piperidine rings is 1. The molecule has 0 aromatic carbocycles. The minimum Gasteiger partial charge on any atom is -0.304 e. The molecule has 1 heteroatoms. The Balaban J connectivity index is 0. The first-order valence-corrected chi connectivity index (χ1v) is 4.51. The summed E-state index contributed by atoms with van der Waals surface area (Å²) >= 11 is 0. The third-order valence-corrected chi connectivity index (χ3v) is 2.14. The van der Waals surface area contributed by atoms with Crippen LogP contribution in [0, 0.1) is 0 Å². The van der Waals surface area contributed by atoms with Crippen LogP contribution in [0.15, 0.2) is 0 Å². The maximum absolute atomic E-state index is 2.43. The molecule has 1 saturated heterocycles. The standard InChI is InChI=1S/C7H15N.C2H6.CH4/c1-7-5-3-4-6-8(7)2;1-2;/h7H,3-6H2,1-2H3;1-2H3;1H4. The molecule has 0 aromatic heterocycles. The van der Waals surface area contributed by atoms with Crippen LogP contribution in [0.5, 0.6) is 0 Å². The molecule has 1 rings (SSSR count). The van der Waals surface area contributed by atoms with Crippen LogP contribution in [0.2, 0.25) is 0 Å². The first-order chi connectivity index (χ1) is 4.80. The van der Waals surface area contributed by atoms with Gasteiger partial charge in [0.1, 0.15) is 0 Å². The van der Waals surface area contributed by atoms with E-state index in [1.165, 1.54) is 25.8 Å². The van der Waals surface area contributed by atoms with Crippen LogP contribution in [-0.2, 0) is 0 Å². The Hall–Kier alpha value is -0.0400. The van der Waals surface area contributed by atoms with Gasteiger partial charge in [-0.25, -0.2) is 0 Å². The summed E-state index contributed by atoms with van der Waals surface area (Å²) in [5, 5.41) is 0. The molecule has 0 bridgehead atoms. The van der Waals surface area contributed by atoms with E-state index in [1.807, 2.05) is 13.8 Å². The lowest BCUT2D eigenvalue weighted by Crippen LogP contribution is -2.33. The third-order valence-electron chi connectivity index (χ3n) is 2.14. The highest BCUT2D eigenvalue weighted by molar-refractivity contribution is 4.68. The molecule has 0 radical (unpaired) electrons. The van der Waals surface area contributed by atoms with Crippen molar-refractivity contribution >= 4 is 0 Å². The monoisotopic (exact) mass is 159 g/mol. The molecule has 70 valence electrons. The van der Waals surface area contributed by atoms with Crippen LogP contribution in [0.1, 0.15) is 47.5 Å². The van der Waals surface area contributed by atoms with Crippen molar-refractivity contribution in [3.63, 3.8) is 0 Å². The molecule has 1 nitrogen and oxygen atoms in total. The van der Waals surface area contributed by atoms with Gasteiger partial charge in [-0.05, 0) is 33.4 Å². The zero-order valence-electron chi connectivity index (χ0n) is 7.85. The summed E-state index contributed by atoms with van der Waals surface area (Å²) in [7, 11) is 2.21. The molecule has 1 atom stereocenters. The van der Waals surface area contributed by atoms with E-state index in [0.717, 1.165) is 6.04 Å². The highest BCUT2D eigenvalue weighted by Gasteiger charge is 2.12. The van der Waals surface area contributed by atoms with Gasteiger partial charge in [-0.3, -0.25) is 0 Å². The van der Waals surface area contributed by atoms with Gasteiger partial charge < -0.3 is 4.90 Å². The third kappa shape index (κ3) is 5.25. The largest absolute Gasteiger partial charge is 0.304 e. The predicted octanol–water partition coefficient (Wildman–Crippen LogP) is 3.15. The van der Waals surface area contributed by atoms with Crippen LogP contribution < -0.4 is 0 Å². The van der Waals surface area contributed by atoms with E-state index in [2.05, 4.69) is 18.9 Å². The number of likely N-dealkylation sites (tertiary alicyclic amines) is 1. The number of nitrogens with zero attached hydrogens (tertiary/aromatic N) is 1. The van der Waals surface area contributed by atoms with Crippen LogP contribution in [0.4, 0.5) is 0 Å². The SMILES string of the molecule is C.CC.CC1CCCCN1C. The molecule has 11 heavy (non-hydrogen) atoms. The van der Waals surface area contributed by atoms with E-state index in [1.54, 1.807) is 0 Å². The lowest BCUT2D eigenvalue weighted by atomic mass is 10.1. The number of rotatable bonds is 0. The van der Waals surface area contributed by atoms with Gasteiger partial charge in [0.2, 0.25) is 0 Å². The molecule has 1 fully saturated rings. The molecule has 1 heterocycles. The predicted molar refractivity (Wildman–Crippen MR) is 54.0 cm³/mol. The van der Waals surface area contributed by atoms with Gasteiger partial charge >= 0.3 is 0 Å². The quantitative estimate of drug-likeness (QED) is 0.525. The molecule has 0 aliphatic carbocycles. The maximum Gasteiger partial charge on any atom is 0.00638 e. The molecular formula is C10H25N. The lowest BCUT2D eigenvalue weighted by molar-refractivity contribution is 0.200. The van der Waals surface area contributed by atoms with E-state index < -0.39 is 0 Å². The van der Waals surface area contributed by atoms with Crippen molar-refractivity contribution in [2.45, 2.75) is 53.5 Å². The van der Waals surface area contributed by atoms with Crippen LogP contribution >= 0.6 is 0 Å². The number of hydrogen-bond acceptors (Lipinski definition) is 1. The molecule has 1 aliphatic rings. The first-order valence-electron chi connectivity index (χ1n) is 4.51. The smallest absolute Gasteiger partial charge is 0.00638 e. The van der Waals surface area contributed by atoms with Crippen molar-refractivity contribution in [3.05, 3.63) is 0 Å². The number of hydrogen-bond donors (Lipinski definition) is 0. The summed E-state index contributed by atoms with van der Waals surface area (Å²) in [5.41, 5.74) is 0. The minimum absolute atomic E-state index is 0. The zero-order valence-corrected chi connectivity index (χ0v) is 7.85. The van der Waals surface area contributed by atoms with Gasteiger partial charge in [0.15, 0.2) is 0 Å². The highest BCUT2D eigenvalue weighted by atomic mass is 15.1. The highest BCUT2D eigenvalue weighted by Crippen LogP contribution is 2.13.